The van der Waals surface area contributed by atoms with Crippen LogP contribution in [-0.2, 0) is 16.1 Å². The third-order valence-electron chi connectivity index (χ3n) is 6.04. The zero-order chi connectivity index (χ0) is 26.5. The van der Waals surface area contributed by atoms with Crippen LogP contribution in [0, 0.1) is 0 Å². The SMILES string of the molecule is CC(C)NC(=O)CN1CCN(C(=O)c2ccc(C=C3SC(=O)N(Cc4cccc(Cl)c4)C3=O)cc2)CC1. The zero-order valence-corrected chi connectivity index (χ0v) is 22.3. The molecule has 0 aliphatic carbocycles. The van der Waals surface area contributed by atoms with Gasteiger partial charge in [-0.2, -0.15) is 0 Å². The first-order chi connectivity index (χ1) is 17.7. The lowest BCUT2D eigenvalue weighted by atomic mass is 10.1. The van der Waals surface area contributed by atoms with Gasteiger partial charge in [0.25, 0.3) is 17.1 Å². The second-order valence-electron chi connectivity index (χ2n) is 9.31. The molecule has 0 aromatic heterocycles. The topological polar surface area (TPSA) is 90.0 Å². The van der Waals surface area contributed by atoms with Gasteiger partial charge in [0.2, 0.25) is 5.91 Å². The van der Waals surface area contributed by atoms with Crippen LogP contribution in [0.2, 0.25) is 5.02 Å². The van der Waals surface area contributed by atoms with E-state index in [0.29, 0.717) is 48.2 Å². The van der Waals surface area contributed by atoms with E-state index in [1.807, 2.05) is 24.8 Å². The van der Waals surface area contributed by atoms with Crippen LogP contribution in [0.25, 0.3) is 6.08 Å². The van der Waals surface area contributed by atoms with Gasteiger partial charge in [-0.1, -0.05) is 35.9 Å². The van der Waals surface area contributed by atoms with Gasteiger partial charge < -0.3 is 10.2 Å². The normalized spacial score (nSPS) is 17.7. The first-order valence-electron chi connectivity index (χ1n) is 12.1. The Labute approximate surface area is 225 Å². The van der Waals surface area contributed by atoms with Gasteiger partial charge in [0.15, 0.2) is 0 Å². The number of nitrogens with zero attached hydrogens (tertiary/aromatic N) is 3. The van der Waals surface area contributed by atoms with E-state index < -0.39 is 0 Å². The lowest BCUT2D eigenvalue weighted by Crippen LogP contribution is -2.51. The Kier molecular flexibility index (Phi) is 8.68. The summed E-state index contributed by atoms with van der Waals surface area (Å²) in [6.45, 7) is 6.73. The quantitative estimate of drug-likeness (QED) is 0.536. The van der Waals surface area contributed by atoms with E-state index in [4.69, 9.17) is 11.6 Å². The number of hydrogen-bond donors (Lipinski definition) is 1. The van der Waals surface area contributed by atoms with E-state index in [1.54, 1.807) is 53.4 Å². The van der Waals surface area contributed by atoms with Crippen molar-refractivity contribution >= 4 is 52.4 Å². The van der Waals surface area contributed by atoms with Crippen molar-refractivity contribution in [1.82, 2.24) is 20.0 Å². The Bertz CT molecular complexity index is 1220. The maximum Gasteiger partial charge on any atom is 0.293 e. The number of amides is 4. The Morgan fingerprint density at radius 2 is 1.76 bits per heavy atom. The largest absolute Gasteiger partial charge is 0.353 e. The molecular weight excluding hydrogens is 512 g/mol. The standard InChI is InChI=1S/C27H29ClN4O4S/c1-18(2)29-24(33)17-30-10-12-31(13-11-30)25(34)21-8-6-19(7-9-21)15-23-26(35)32(27(36)37-23)16-20-4-3-5-22(28)14-20/h3-9,14-15,18H,10-13,16-17H2,1-2H3,(H,29,33). The molecule has 8 nitrogen and oxygen atoms in total. The summed E-state index contributed by atoms with van der Waals surface area (Å²) in [7, 11) is 0. The van der Waals surface area contributed by atoms with Gasteiger partial charge in [-0.05, 0) is 67.1 Å². The zero-order valence-electron chi connectivity index (χ0n) is 20.8. The van der Waals surface area contributed by atoms with Crippen molar-refractivity contribution in [3.05, 3.63) is 75.1 Å². The Morgan fingerprint density at radius 1 is 1.05 bits per heavy atom. The van der Waals surface area contributed by atoms with E-state index in [9.17, 15) is 19.2 Å². The first kappa shape index (κ1) is 26.9. The molecule has 0 radical (unpaired) electrons. The summed E-state index contributed by atoms with van der Waals surface area (Å²) in [5.41, 5.74) is 2.06. The number of carbonyl (C=O) groups excluding carboxylic acids is 4. The van der Waals surface area contributed by atoms with E-state index in [-0.39, 0.29) is 35.5 Å². The summed E-state index contributed by atoms with van der Waals surface area (Å²) in [5.74, 6) is -0.428. The molecule has 0 atom stereocenters. The maximum atomic E-state index is 13.0. The molecule has 194 valence electrons. The molecule has 2 aliphatic rings. The molecule has 10 heteroatoms. The predicted octanol–water partition coefficient (Wildman–Crippen LogP) is 3.86. The minimum atomic E-state index is -0.352. The number of rotatable bonds is 7. The van der Waals surface area contributed by atoms with Crippen LogP contribution >= 0.6 is 23.4 Å². The van der Waals surface area contributed by atoms with Crippen molar-refractivity contribution < 1.29 is 19.2 Å². The van der Waals surface area contributed by atoms with Crippen LogP contribution in [0.3, 0.4) is 0 Å². The molecule has 2 aromatic carbocycles. The highest BCUT2D eigenvalue weighted by molar-refractivity contribution is 8.18. The molecule has 1 N–H and O–H groups in total. The summed E-state index contributed by atoms with van der Waals surface area (Å²) < 4.78 is 0. The Hall–Kier alpha value is -3.14. The number of hydrogen-bond acceptors (Lipinski definition) is 6. The summed E-state index contributed by atoms with van der Waals surface area (Å²) in [6.07, 6.45) is 1.66. The highest BCUT2D eigenvalue weighted by Gasteiger charge is 2.35. The number of benzene rings is 2. The van der Waals surface area contributed by atoms with Crippen LogP contribution < -0.4 is 5.32 Å². The van der Waals surface area contributed by atoms with Crippen molar-refractivity contribution in [3.63, 3.8) is 0 Å². The Balaban J connectivity index is 1.33. The van der Waals surface area contributed by atoms with E-state index in [0.717, 1.165) is 22.9 Å². The van der Waals surface area contributed by atoms with Gasteiger partial charge in [0.05, 0.1) is 18.0 Å². The van der Waals surface area contributed by atoms with Crippen LogP contribution in [0.15, 0.2) is 53.4 Å². The smallest absolute Gasteiger partial charge is 0.293 e. The average Bonchev–Trinajstić information content (AvgIpc) is 3.11. The average molecular weight is 541 g/mol. The summed E-state index contributed by atoms with van der Waals surface area (Å²) >= 11 is 6.91. The second-order valence-corrected chi connectivity index (χ2v) is 10.7. The molecule has 2 heterocycles. The maximum absolute atomic E-state index is 13.0. The van der Waals surface area contributed by atoms with Crippen molar-refractivity contribution in [3.8, 4) is 0 Å². The number of imide groups is 1. The van der Waals surface area contributed by atoms with Crippen LogP contribution in [0.5, 0.6) is 0 Å². The number of halogens is 1. The van der Waals surface area contributed by atoms with Gasteiger partial charge in [0, 0.05) is 42.8 Å². The fourth-order valence-corrected chi connectivity index (χ4v) is 5.24. The molecule has 37 heavy (non-hydrogen) atoms. The monoisotopic (exact) mass is 540 g/mol. The van der Waals surface area contributed by atoms with Gasteiger partial charge in [-0.3, -0.25) is 29.0 Å². The molecule has 2 aliphatic heterocycles. The van der Waals surface area contributed by atoms with E-state index in [2.05, 4.69) is 5.32 Å². The van der Waals surface area contributed by atoms with Gasteiger partial charge in [-0.25, -0.2) is 0 Å². The van der Waals surface area contributed by atoms with Crippen molar-refractivity contribution in [1.29, 1.82) is 0 Å². The third-order valence-corrected chi connectivity index (χ3v) is 7.18. The number of piperazine rings is 1. The molecule has 0 saturated carbocycles. The van der Waals surface area contributed by atoms with Crippen LogP contribution in [0.4, 0.5) is 4.79 Å². The molecular formula is C27H29ClN4O4S. The highest BCUT2D eigenvalue weighted by atomic mass is 35.5. The van der Waals surface area contributed by atoms with Crippen molar-refractivity contribution in [2.75, 3.05) is 32.7 Å². The molecule has 0 spiro atoms. The Morgan fingerprint density at radius 3 is 2.41 bits per heavy atom. The lowest BCUT2D eigenvalue weighted by molar-refractivity contribution is -0.124. The molecule has 0 unspecified atom stereocenters. The van der Waals surface area contributed by atoms with Gasteiger partial charge in [0.1, 0.15) is 0 Å². The molecule has 4 amide bonds. The van der Waals surface area contributed by atoms with Crippen LogP contribution in [-0.4, -0.2) is 76.4 Å². The van der Waals surface area contributed by atoms with Crippen LogP contribution in [0.1, 0.15) is 35.3 Å². The summed E-state index contributed by atoms with van der Waals surface area (Å²) in [5, 5.41) is 3.10. The molecule has 2 fully saturated rings. The first-order valence-corrected chi connectivity index (χ1v) is 13.3. The minimum Gasteiger partial charge on any atom is -0.353 e. The number of nitrogens with one attached hydrogen (secondary N) is 1. The molecule has 0 bridgehead atoms. The highest BCUT2D eigenvalue weighted by Crippen LogP contribution is 2.33. The van der Waals surface area contributed by atoms with Crippen molar-refractivity contribution in [2.45, 2.75) is 26.4 Å². The third kappa shape index (κ3) is 7.00. The molecule has 2 saturated heterocycles. The van der Waals surface area contributed by atoms with E-state index >= 15 is 0 Å². The number of carbonyl (C=O) groups is 4. The molecule has 4 rings (SSSR count). The predicted molar refractivity (Wildman–Crippen MR) is 145 cm³/mol. The molecule has 2 aromatic rings. The minimum absolute atomic E-state index is 0.00678. The van der Waals surface area contributed by atoms with Gasteiger partial charge >= 0.3 is 0 Å². The summed E-state index contributed by atoms with van der Waals surface area (Å²) in [4.78, 5) is 55.6. The van der Waals surface area contributed by atoms with Crippen molar-refractivity contribution in [2.24, 2.45) is 0 Å². The second kappa shape index (κ2) is 11.9. The lowest BCUT2D eigenvalue weighted by Gasteiger charge is -2.34. The summed E-state index contributed by atoms with van der Waals surface area (Å²) in [6, 6.07) is 14.2. The number of thioether (sulfide) groups is 1. The fraction of sp³-hybridized carbons (Fsp3) is 0.333. The fourth-order valence-electron chi connectivity index (χ4n) is 4.19. The van der Waals surface area contributed by atoms with E-state index in [1.165, 1.54) is 4.90 Å². The van der Waals surface area contributed by atoms with Gasteiger partial charge in [-0.15, -0.1) is 0 Å².